The van der Waals surface area contributed by atoms with Crippen LogP contribution in [0.2, 0.25) is 5.02 Å². The van der Waals surface area contributed by atoms with Gasteiger partial charge in [-0.2, -0.15) is 14.7 Å². The van der Waals surface area contributed by atoms with Crippen LogP contribution in [0.25, 0.3) is 0 Å². The van der Waals surface area contributed by atoms with E-state index in [0.717, 1.165) is 11.9 Å². The van der Waals surface area contributed by atoms with Crippen molar-refractivity contribution in [3.05, 3.63) is 89.3 Å². The summed E-state index contributed by atoms with van der Waals surface area (Å²) in [6.07, 6.45) is 1.40. The Morgan fingerprint density at radius 1 is 1.07 bits per heavy atom. The molecule has 0 spiro atoms. The number of nitrogens with zero attached hydrogens (tertiary/aromatic N) is 4. The van der Waals surface area contributed by atoms with Gasteiger partial charge in [0.25, 0.3) is 15.9 Å². The Hall–Kier alpha value is -4.82. The highest BCUT2D eigenvalue weighted by Gasteiger charge is 2.24. The minimum atomic E-state index is -4.14. The molecular formula is C29H30ClN5O8S. The van der Waals surface area contributed by atoms with E-state index in [9.17, 15) is 18.4 Å². The second-order valence-corrected chi connectivity index (χ2v) is 12.2. The van der Waals surface area contributed by atoms with Crippen LogP contribution in [-0.4, -0.2) is 54.7 Å². The number of hydrogen-bond acceptors (Lipinski definition) is 10. The molecule has 13 nitrogen and oxygen atoms in total. The van der Waals surface area contributed by atoms with Crippen molar-refractivity contribution >= 4 is 33.5 Å². The summed E-state index contributed by atoms with van der Waals surface area (Å²) in [5.41, 5.74) is 0.750. The smallest absolute Gasteiger partial charge is 0.435 e. The second-order valence-electron chi connectivity index (χ2n) is 10.1. The number of rotatable bonds is 10. The van der Waals surface area contributed by atoms with E-state index in [4.69, 9.17) is 30.5 Å². The van der Waals surface area contributed by atoms with Crippen LogP contribution in [0.15, 0.2) is 83.1 Å². The third-order valence-electron chi connectivity index (χ3n) is 5.96. The van der Waals surface area contributed by atoms with E-state index in [0.29, 0.717) is 10.5 Å². The van der Waals surface area contributed by atoms with Crippen LogP contribution < -0.4 is 24.4 Å². The summed E-state index contributed by atoms with van der Waals surface area (Å²) in [6.45, 7) is 5.56. The summed E-state index contributed by atoms with van der Waals surface area (Å²) in [6, 6.07) is 15.6. The first-order chi connectivity index (χ1) is 20.9. The number of hydrogen-bond donors (Lipinski definition) is 2. The number of carbonyl (C=O) groups excluding carboxylic acids is 1. The Labute approximate surface area is 258 Å². The van der Waals surface area contributed by atoms with E-state index in [1.54, 1.807) is 30.3 Å². The standard InChI is InChI=1S/C29H30ClN5O8S/c1-29(2,3)19-8-11-21(12-9-19)44(38,39)34-26-25(43-23-17-20(40-4)10-13-22(23)30)27(32-18-31-26)41-15-16-42-28(36)33-24-7-5-6-14-35(24)37/h5-14,17-18,37H,15-16H2,1-4H3,(H,31,32,34). The molecule has 1 amide bonds. The highest BCUT2D eigenvalue weighted by molar-refractivity contribution is 7.92. The van der Waals surface area contributed by atoms with Gasteiger partial charge in [-0.05, 0) is 47.4 Å². The van der Waals surface area contributed by atoms with E-state index in [1.165, 1.54) is 43.6 Å². The van der Waals surface area contributed by atoms with E-state index < -0.39 is 16.1 Å². The SMILES string of the molecule is COc1ccc(Cl)c(Oc2c(NS(=O)(=O)c3ccc(C(C)(C)C)cc3)ncnc2OCCOC(=O)N=c2ccccn2O)c1. The van der Waals surface area contributed by atoms with Crippen LogP contribution in [-0.2, 0) is 20.2 Å². The summed E-state index contributed by atoms with van der Waals surface area (Å²) in [4.78, 5) is 23.9. The molecule has 44 heavy (non-hydrogen) atoms. The number of anilines is 1. The van der Waals surface area contributed by atoms with Gasteiger partial charge in [-0.1, -0.05) is 50.6 Å². The van der Waals surface area contributed by atoms with Gasteiger partial charge in [0.15, 0.2) is 11.3 Å². The normalized spacial score (nSPS) is 12.0. The maximum absolute atomic E-state index is 13.4. The predicted octanol–water partition coefficient (Wildman–Crippen LogP) is 5.18. The van der Waals surface area contributed by atoms with Gasteiger partial charge in [-0.25, -0.2) is 18.2 Å². The Morgan fingerprint density at radius 3 is 2.50 bits per heavy atom. The molecule has 2 aromatic carbocycles. The third-order valence-corrected chi connectivity index (χ3v) is 7.62. The fourth-order valence-electron chi connectivity index (χ4n) is 3.65. The number of ether oxygens (including phenoxy) is 4. The molecule has 0 unspecified atom stereocenters. The zero-order valence-corrected chi connectivity index (χ0v) is 25.8. The highest BCUT2D eigenvalue weighted by Crippen LogP contribution is 2.40. The minimum absolute atomic E-state index is 0.00442. The number of nitrogens with one attached hydrogen (secondary N) is 1. The largest absolute Gasteiger partial charge is 0.497 e. The lowest BCUT2D eigenvalue weighted by atomic mass is 9.87. The summed E-state index contributed by atoms with van der Waals surface area (Å²) in [7, 11) is -2.68. The maximum atomic E-state index is 13.4. The highest BCUT2D eigenvalue weighted by atomic mass is 35.5. The molecule has 0 aliphatic carbocycles. The van der Waals surface area contributed by atoms with E-state index in [-0.39, 0.29) is 57.2 Å². The van der Waals surface area contributed by atoms with Crippen LogP contribution in [0, 0.1) is 0 Å². The molecule has 15 heteroatoms. The molecule has 0 aliphatic rings. The third kappa shape index (κ3) is 8.17. The van der Waals surface area contributed by atoms with Crippen LogP contribution in [0.4, 0.5) is 10.6 Å². The van der Waals surface area contributed by atoms with Crippen molar-refractivity contribution in [2.45, 2.75) is 31.1 Å². The molecule has 4 rings (SSSR count). The molecule has 2 N–H and O–H groups in total. The summed E-state index contributed by atoms with van der Waals surface area (Å²) in [5, 5.41) is 9.89. The van der Waals surface area contributed by atoms with E-state index >= 15 is 0 Å². The van der Waals surface area contributed by atoms with Crippen molar-refractivity contribution < 1.29 is 37.4 Å². The first-order valence-electron chi connectivity index (χ1n) is 13.1. The lowest BCUT2D eigenvalue weighted by Gasteiger charge is -2.19. The molecule has 4 aromatic rings. The summed E-state index contributed by atoms with van der Waals surface area (Å²) < 4.78 is 51.8. The summed E-state index contributed by atoms with van der Waals surface area (Å²) in [5.74, 6) is -0.102. The van der Waals surface area contributed by atoms with Gasteiger partial charge in [-0.3, -0.25) is 4.72 Å². The molecule has 0 fully saturated rings. The molecule has 0 saturated heterocycles. The molecule has 0 saturated carbocycles. The first-order valence-corrected chi connectivity index (χ1v) is 14.9. The van der Waals surface area contributed by atoms with Crippen LogP contribution in [0.3, 0.4) is 0 Å². The van der Waals surface area contributed by atoms with Crippen molar-refractivity contribution in [2.75, 3.05) is 25.0 Å². The quantitative estimate of drug-likeness (QED) is 0.174. The van der Waals surface area contributed by atoms with Gasteiger partial charge in [0.1, 0.15) is 31.0 Å². The van der Waals surface area contributed by atoms with Gasteiger partial charge in [-0.15, -0.1) is 0 Å². The Morgan fingerprint density at radius 2 is 1.82 bits per heavy atom. The Bertz CT molecular complexity index is 1810. The van der Waals surface area contributed by atoms with E-state index in [1.807, 2.05) is 20.8 Å². The van der Waals surface area contributed by atoms with Gasteiger partial charge < -0.3 is 24.2 Å². The Balaban J connectivity index is 1.59. The number of sulfonamides is 1. The molecule has 0 radical (unpaired) electrons. The topological polar surface area (TPSA) is 163 Å². The van der Waals surface area contributed by atoms with Gasteiger partial charge in [0, 0.05) is 12.3 Å². The minimum Gasteiger partial charge on any atom is -0.497 e. The number of aromatic nitrogens is 3. The van der Waals surface area contributed by atoms with Crippen LogP contribution >= 0.6 is 11.6 Å². The average Bonchev–Trinajstić information content (AvgIpc) is 2.98. The predicted molar refractivity (Wildman–Crippen MR) is 160 cm³/mol. The van der Waals surface area contributed by atoms with Gasteiger partial charge in [0.2, 0.25) is 5.75 Å². The Kier molecular flexibility index (Phi) is 9.96. The number of carbonyl (C=O) groups is 1. The zero-order valence-electron chi connectivity index (χ0n) is 24.2. The average molecular weight is 644 g/mol. The molecule has 2 heterocycles. The molecular weight excluding hydrogens is 614 g/mol. The fourth-order valence-corrected chi connectivity index (χ4v) is 4.82. The molecule has 0 atom stereocenters. The molecule has 232 valence electrons. The van der Waals surface area contributed by atoms with E-state index in [2.05, 4.69) is 19.7 Å². The van der Waals surface area contributed by atoms with Crippen molar-refractivity contribution in [2.24, 2.45) is 4.99 Å². The number of pyridine rings is 1. The van der Waals surface area contributed by atoms with Crippen molar-refractivity contribution in [3.8, 4) is 23.1 Å². The van der Waals surface area contributed by atoms with Crippen LogP contribution in [0.5, 0.6) is 23.1 Å². The molecule has 2 aromatic heterocycles. The van der Waals surface area contributed by atoms with Gasteiger partial charge >= 0.3 is 6.09 Å². The summed E-state index contributed by atoms with van der Waals surface area (Å²) >= 11 is 6.34. The maximum Gasteiger partial charge on any atom is 0.435 e. The molecule has 0 aliphatic heterocycles. The lowest BCUT2D eigenvalue weighted by molar-refractivity contribution is 0.128. The zero-order chi connectivity index (χ0) is 31.9. The van der Waals surface area contributed by atoms with Crippen molar-refractivity contribution in [1.82, 2.24) is 14.7 Å². The number of benzene rings is 2. The second kappa shape index (κ2) is 13.7. The van der Waals surface area contributed by atoms with Crippen molar-refractivity contribution in [3.63, 3.8) is 0 Å². The van der Waals surface area contributed by atoms with Crippen LogP contribution in [0.1, 0.15) is 26.3 Å². The molecule has 0 bridgehead atoms. The monoisotopic (exact) mass is 643 g/mol. The van der Waals surface area contributed by atoms with Gasteiger partial charge in [0.05, 0.1) is 17.0 Å². The number of halogens is 1. The van der Waals surface area contributed by atoms with Crippen molar-refractivity contribution in [1.29, 1.82) is 0 Å². The number of amides is 1. The lowest BCUT2D eigenvalue weighted by Crippen LogP contribution is -2.20. The fraction of sp³-hybridized carbons (Fsp3) is 0.241. The first kappa shape index (κ1) is 32.1. The number of methoxy groups -OCH3 is 1.